The van der Waals surface area contributed by atoms with Crippen LogP contribution in [-0.2, 0) is 4.79 Å². The molecule has 2 N–H and O–H groups in total. The van der Waals surface area contributed by atoms with Crippen LogP contribution in [0.25, 0.3) is 0 Å². The summed E-state index contributed by atoms with van der Waals surface area (Å²) in [5.74, 6) is -0.958. The highest BCUT2D eigenvalue weighted by Crippen LogP contribution is 2.17. The molecule has 4 heteroatoms. The maximum atomic E-state index is 10.3. The SMILES string of the molecule is CC(=NNC1CCCC1)C(=O)O. The highest BCUT2D eigenvalue weighted by molar-refractivity contribution is 6.34. The summed E-state index contributed by atoms with van der Waals surface area (Å²) in [6.45, 7) is 1.49. The van der Waals surface area contributed by atoms with E-state index >= 15 is 0 Å². The Balaban J connectivity index is 2.31. The smallest absolute Gasteiger partial charge is 0.351 e. The van der Waals surface area contributed by atoms with E-state index in [9.17, 15) is 4.79 Å². The van der Waals surface area contributed by atoms with Gasteiger partial charge in [0, 0.05) is 6.04 Å². The summed E-state index contributed by atoms with van der Waals surface area (Å²) in [5.41, 5.74) is 3.00. The zero-order chi connectivity index (χ0) is 8.97. The predicted molar refractivity (Wildman–Crippen MR) is 46.1 cm³/mol. The van der Waals surface area contributed by atoms with Gasteiger partial charge in [0.15, 0.2) is 0 Å². The predicted octanol–water partition coefficient (Wildman–Crippen LogP) is 0.979. The minimum atomic E-state index is -0.958. The molecule has 0 saturated heterocycles. The largest absolute Gasteiger partial charge is 0.477 e. The Labute approximate surface area is 71.7 Å². The first-order valence-corrected chi connectivity index (χ1v) is 4.23. The van der Waals surface area contributed by atoms with Gasteiger partial charge in [-0.15, -0.1) is 0 Å². The summed E-state index contributed by atoms with van der Waals surface area (Å²) in [4.78, 5) is 10.3. The second-order valence-corrected chi connectivity index (χ2v) is 3.11. The number of carboxylic acids is 1. The van der Waals surface area contributed by atoms with Crippen LogP contribution in [0.3, 0.4) is 0 Å². The molecule has 1 fully saturated rings. The van der Waals surface area contributed by atoms with Crippen molar-refractivity contribution in [3.8, 4) is 0 Å². The third-order valence-corrected chi connectivity index (χ3v) is 2.08. The lowest BCUT2D eigenvalue weighted by atomic mass is 10.3. The number of hydrazone groups is 1. The van der Waals surface area contributed by atoms with Gasteiger partial charge in [0.05, 0.1) is 0 Å². The van der Waals surface area contributed by atoms with Crippen LogP contribution in [0.15, 0.2) is 5.10 Å². The summed E-state index contributed by atoms with van der Waals surface area (Å²) >= 11 is 0. The molecule has 1 aliphatic carbocycles. The molecule has 0 aromatic rings. The zero-order valence-corrected chi connectivity index (χ0v) is 7.21. The molecule has 0 spiro atoms. The molecule has 4 nitrogen and oxygen atoms in total. The molecule has 68 valence electrons. The average molecular weight is 170 g/mol. The van der Waals surface area contributed by atoms with Crippen molar-refractivity contribution in [3.63, 3.8) is 0 Å². The molecule has 0 atom stereocenters. The minimum absolute atomic E-state index is 0.127. The molecule has 0 heterocycles. The lowest BCUT2D eigenvalue weighted by Gasteiger charge is -2.07. The lowest BCUT2D eigenvalue weighted by molar-refractivity contribution is -0.129. The van der Waals surface area contributed by atoms with Gasteiger partial charge in [0.1, 0.15) is 5.71 Å². The maximum absolute atomic E-state index is 10.3. The Hall–Kier alpha value is -1.06. The van der Waals surface area contributed by atoms with Crippen LogP contribution in [0.2, 0.25) is 0 Å². The number of carbonyl (C=O) groups is 1. The van der Waals surface area contributed by atoms with Crippen molar-refractivity contribution in [1.29, 1.82) is 0 Å². The van der Waals surface area contributed by atoms with E-state index in [2.05, 4.69) is 10.5 Å². The maximum Gasteiger partial charge on any atom is 0.351 e. The van der Waals surface area contributed by atoms with Gasteiger partial charge in [0.25, 0.3) is 0 Å². The van der Waals surface area contributed by atoms with Crippen LogP contribution in [0.1, 0.15) is 32.6 Å². The van der Waals surface area contributed by atoms with E-state index < -0.39 is 5.97 Å². The topological polar surface area (TPSA) is 61.7 Å². The Morgan fingerprint density at radius 3 is 2.58 bits per heavy atom. The normalized spacial score (nSPS) is 19.6. The summed E-state index contributed by atoms with van der Waals surface area (Å²) in [6.07, 6.45) is 4.66. The number of rotatable bonds is 3. The first kappa shape index (κ1) is 9.03. The molecular weight excluding hydrogens is 156 g/mol. The minimum Gasteiger partial charge on any atom is -0.477 e. The Morgan fingerprint density at radius 1 is 1.50 bits per heavy atom. The fourth-order valence-corrected chi connectivity index (χ4v) is 1.29. The van der Waals surface area contributed by atoms with E-state index in [0.29, 0.717) is 6.04 Å². The van der Waals surface area contributed by atoms with Crippen molar-refractivity contribution in [2.45, 2.75) is 38.6 Å². The van der Waals surface area contributed by atoms with E-state index in [1.54, 1.807) is 0 Å². The fourth-order valence-electron chi connectivity index (χ4n) is 1.29. The average Bonchev–Trinajstić information content (AvgIpc) is 2.51. The highest BCUT2D eigenvalue weighted by atomic mass is 16.4. The Morgan fingerprint density at radius 2 is 2.08 bits per heavy atom. The summed E-state index contributed by atoms with van der Waals surface area (Å²) in [6, 6.07) is 0.388. The molecule has 0 radical (unpaired) electrons. The van der Waals surface area contributed by atoms with Crippen molar-refractivity contribution in [2.24, 2.45) is 5.10 Å². The molecule has 0 amide bonds. The van der Waals surface area contributed by atoms with Crippen molar-refractivity contribution in [3.05, 3.63) is 0 Å². The van der Waals surface area contributed by atoms with E-state index in [4.69, 9.17) is 5.11 Å². The van der Waals surface area contributed by atoms with Crippen LogP contribution in [0.4, 0.5) is 0 Å². The van der Waals surface area contributed by atoms with Crippen molar-refractivity contribution >= 4 is 11.7 Å². The van der Waals surface area contributed by atoms with Gasteiger partial charge in [-0.05, 0) is 19.8 Å². The molecule has 0 unspecified atom stereocenters. The number of hydrogen-bond donors (Lipinski definition) is 2. The van der Waals surface area contributed by atoms with E-state index in [0.717, 1.165) is 12.8 Å². The fraction of sp³-hybridized carbons (Fsp3) is 0.750. The third kappa shape index (κ3) is 2.53. The summed E-state index contributed by atoms with van der Waals surface area (Å²) in [7, 11) is 0. The summed E-state index contributed by atoms with van der Waals surface area (Å²) < 4.78 is 0. The quantitative estimate of drug-likeness (QED) is 0.490. The second kappa shape index (κ2) is 4.09. The molecule has 12 heavy (non-hydrogen) atoms. The Kier molecular flexibility index (Phi) is 3.08. The first-order valence-electron chi connectivity index (χ1n) is 4.23. The summed E-state index contributed by atoms with van der Waals surface area (Å²) in [5, 5.41) is 12.3. The number of carboxylic acid groups (broad SMARTS) is 1. The van der Waals surface area contributed by atoms with Crippen LogP contribution >= 0.6 is 0 Å². The molecule has 1 aliphatic rings. The van der Waals surface area contributed by atoms with Crippen molar-refractivity contribution < 1.29 is 9.90 Å². The molecular formula is C8H14N2O2. The first-order chi connectivity index (χ1) is 5.70. The van der Waals surface area contributed by atoms with Crippen LogP contribution in [-0.4, -0.2) is 22.8 Å². The van der Waals surface area contributed by atoms with Gasteiger partial charge in [-0.2, -0.15) is 5.10 Å². The molecule has 0 aliphatic heterocycles. The van der Waals surface area contributed by atoms with Crippen LogP contribution in [0, 0.1) is 0 Å². The van der Waals surface area contributed by atoms with Crippen LogP contribution in [0.5, 0.6) is 0 Å². The molecule has 0 aromatic heterocycles. The third-order valence-electron chi connectivity index (χ3n) is 2.08. The van der Waals surface area contributed by atoms with E-state index in [1.165, 1.54) is 19.8 Å². The van der Waals surface area contributed by atoms with Gasteiger partial charge < -0.3 is 10.5 Å². The van der Waals surface area contributed by atoms with Gasteiger partial charge in [-0.3, -0.25) is 0 Å². The van der Waals surface area contributed by atoms with E-state index in [-0.39, 0.29) is 5.71 Å². The standard InChI is InChI=1S/C8H14N2O2/c1-6(8(11)12)9-10-7-4-2-3-5-7/h7,10H,2-5H2,1H3,(H,11,12). The molecule has 1 rings (SSSR count). The van der Waals surface area contributed by atoms with Crippen molar-refractivity contribution in [1.82, 2.24) is 5.43 Å². The molecule has 0 aromatic carbocycles. The highest BCUT2D eigenvalue weighted by Gasteiger charge is 2.13. The number of nitrogens with zero attached hydrogens (tertiary/aromatic N) is 1. The van der Waals surface area contributed by atoms with Crippen molar-refractivity contribution in [2.75, 3.05) is 0 Å². The number of nitrogens with one attached hydrogen (secondary N) is 1. The number of hydrogen-bond acceptors (Lipinski definition) is 3. The Bertz CT molecular complexity index is 195. The van der Waals surface area contributed by atoms with E-state index in [1.807, 2.05) is 0 Å². The van der Waals surface area contributed by atoms with Crippen LogP contribution < -0.4 is 5.43 Å². The van der Waals surface area contributed by atoms with Gasteiger partial charge >= 0.3 is 5.97 Å². The monoisotopic (exact) mass is 170 g/mol. The van der Waals surface area contributed by atoms with Gasteiger partial charge in [-0.1, -0.05) is 12.8 Å². The number of aliphatic carboxylic acids is 1. The van der Waals surface area contributed by atoms with Gasteiger partial charge in [-0.25, -0.2) is 4.79 Å². The van der Waals surface area contributed by atoms with Gasteiger partial charge in [0.2, 0.25) is 0 Å². The molecule has 0 bridgehead atoms. The zero-order valence-electron chi connectivity index (χ0n) is 7.21. The molecule has 1 saturated carbocycles. The lowest BCUT2D eigenvalue weighted by Crippen LogP contribution is -2.23. The second-order valence-electron chi connectivity index (χ2n) is 3.11.